The van der Waals surface area contributed by atoms with E-state index in [1.807, 2.05) is 0 Å². The van der Waals surface area contributed by atoms with Crippen molar-refractivity contribution in [2.45, 2.75) is 31.2 Å². The van der Waals surface area contributed by atoms with Crippen molar-refractivity contribution in [1.82, 2.24) is 10.3 Å². The number of hydrogen-bond acceptors (Lipinski definition) is 3. The first-order valence-electron chi connectivity index (χ1n) is 7.46. The summed E-state index contributed by atoms with van der Waals surface area (Å²) in [6, 6.07) is 7.92. The van der Waals surface area contributed by atoms with Crippen molar-refractivity contribution in [3.8, 4) is 0 Å². The average Bonchev–Trinajstić information content (AvgIpc) is 2.55. The van der Waals surface area contributed by atoms with E-state index in [-0.39, 0.29) is 30.6 Å². The molecule has 0 spiro atoms. The highest BCUT2D eigenvalue weighted by atomic mass is 35.5. The Kier molecular flexibility index (Phi) is 4.76. The van der Waals surface area contributed by atoms with Crippen LogP contribution < -0.4 is 5.32 Å². The van der Waals surface area contributed by atoms with Gasteiger partial charge < -0.3 is 10.4 Å². The number of carbonyl (C=O) groups excluding carboxylic acids is 1. The van der Waals surface area contributed by atoms with Crippen LogP contribution in [0, 0.1) is 0 Å². The van der Waals surface area contributed by atoms with Gasteiger partial charge >= 0.3 is 0 Å². The number of aliphatic hydroxyl groups excluding tert-OH is 1. The number of benzene rings is 1. The lowest BCUT2D eigenvalue weighted by Crippen LogP contribution is -2.44. The molecule has 1 aromatic heterocycles. The van der Waals surface area contributed by atoms with Gasteiger partial charge in [-0.25, -0.2) is 4.39 Å². The van der Waals surface area contributed by atoms with Gasteiger partial charge in [0.05, 0.1) is 11.8 Å². The number of aliphatic hydroxyl groups is 1. The molecule has 2 N–H and O–H groups in total. The molecule has 24 heavy (non-hydrogen) atoms. The third-order valence-electron chi connectivity index (χ3n) is 4.08. The van der Waals surface area contributed by atoms with Gasteiger partial charge in [-0.2, -0.15) is 0 Å². The molecule has 1 amide bonds. The first kappa shape index (κ1) is 17.1. The number of rotatable bonds is 3. The molecule has 1 heterocycles. The fourth-order valence-electron chi connectivity index (χ4n) is 2.90. The van der Waals surface area contributed by atoms with Crippen LogP contribution in [-0.4, -0.2) is 16.0 Å². The number of hydrogen-bond donors (Lipinski definition) is 2. The molecule has 4 nitrogen and oxygen atoms in total. The molecule has 2 aromatic rings. The van der Waals surface area contributed by atoms with Crippen LogP contribution in [0.25, 0.3) is 0 Å². The zero-order valence-electron chi connectivity index (χ0n) is 12.6. The lowest BCUT2D eigenvalue weighted by Gasteiger charge is -2.32. The van der Waals surface area contributed by atoms with Crippen molar-refractivity contribution in [3.05, 3.63) is 63.4 Å². The molecule has 0 unspecified atom stereocenters. The highest BCUT2D eigenvalue weighted by Crippen LogP contribution is 2.42. The molecule has 0 radical (unpaired) electrons. The minimum Gasteiger partial charge on any atom is -0.387 e. The normalized spacial score (nSPS) is 22.8. The predicted octanol–water partition coefficient (Wildman–Crippen LogP) is 3.70. The number of nitrogens with zero attached hydrogens (tertiary/aromatic N) is 1. The second-order valence-corrected chi connectivity index (χ2v) is 6.63. The maximum absolute atomic E-state index is 15.4. The van der Waals surface area contributed by atoms with Crippen molar-refractivity contribution < 1.29 is 14.3 Å². The summed E-state index contributed by atoms with van der Waals surface area (Å²) in [7, 11) is 0. The Hall–Kier alpha value is -1.69. The molecule has 0 aliphatic heterocycles. The molecule has 0 saturated carbocycles. The molecule has 0 saturated heterocycles. The van der Waals surface area contributed by atoms with Crippen molar-refractivity contribution in [2.24, 2.45) is 0 Å². The Bertz CT molecular complexity index is 767. The maximum Gasteiger partial charge on any atom is 0.262 e. The van der Waals surface area contributed by atoms with E-state index in [9.17, 15) is 9.90 Å². The minimum atomic E-state index is -2.22. The van der Waals surface area contributed by atoms with E-state index in [2.05, 4.69) is 10.3 Å². The highest BCUT2D eigenvalue weighted by Gasteiger charge is 2.46. The summed E-state index contributed by atoms with van der Waals surface area (Å²) in [5.41, 5.74) is -1.21. The Morgan fingerprint density at radius 2 is 2.08 bits per heavy atom. The predicted molar refractivity (Wildman–Crippen MR) is 89.5 cm³/mol. The number of halogens is 3. The van der Waals surface area contributed by atoms with Gasteiger partial charge in [-0.05, 0) is 42.7 Å². The van der Waals surface area contributed by atoms with Crippen LogP contribution >= 0.6 is 23.2 Å². The van der Waals surface area contributed by atoms with Crippen molar-refractivity contribution in [1.29, 1.82) is 0 Å². The monoisotopic (exact) mass is 368 g/mol. The molecule has 1 aliphatic carbocycles. The second-order valence-electron chi connectivity index (χ2n) is 5.75. The first-order valence-corrected chi connectivity index (χ1v) is 8.21. The third-order valence-corrected chi connectivity index (χ3v) is 4.52. The van der Waals surface area contributed by atoms with Crippen LogP contribution in [0.2, 0.25) is 10.0 Å². The summed E-state index contributed by atoms with van der Waals surface area (Å²) in [4.78, 5) is 16.5. The van der Waals surface area contributed by atoms with E-state index >= 15 is 4.39 Å². The summed E-state index contributed by atoms with van der Waals surface area (Å²) < 4.78 is 15.4. The van der Waals surface area contributed by atoms with E-state index in [1.165, 1.54) is 12.3 Å². The van der Waals surface area contributed by atoms with Crippen LogP contribution in [0.3, 0.4) is 0 Å². The third kappa shape index (κ3) is 3.24. The summed E-state index contributed by atoms with van der Waals surface area (Å²) in [6.45, 7) is 0.100. The fraction of sp³-hybridized carbons (Fsp3) is 0.294. The van der Waals surface area contributed by atoms with Crippen LogP contribution in [0.4, 0.5) is 4.39 Å². The fourth-order valence-corrected chi connectivity index (χ4v) is 3.47. The number of aromatic nitrogens is 1. The van der Waals surface area contributed by atoms with Crippen LogP contribution in [0.15, 0.2) is 36.5 Å². The topological polar surface area (TPSA) is 62.2 Å². The molecule has 0 bridgehead atoms. The van der Waals surface area contributed by atoms with Crippen LogP contribution in [-0.2, 0) is 17.0 Å². The van der Waals surface area contributed by atoms with Gasteiger partial charge in [-0.15, -0.1) is 0 Å². The largest absolute Gasteiger partial charge is 0.387 e. The van der Waals surface area contributed by atoms with E-state index in [1.54, 1.807) is 24.3 Å². The summed E-state index contributed by atoms with van der Waals surface area (Å²) >= 11 is 11.8. The maximum atomic E-state index is 15.4. The van der Waals surface area contributed by atoms with Gasteiger partial charge in [0.25, 0.3) is 5.91 Å². The zero-order chi connectivity index (χ0) is 17.3. The molecule has 3 rings (SSSR count). The van der Waals surface area contributed by atoms with E-state index in [4.69, 9.17) is 23.2 Å². The van der Waals surface area contributed by atoms with Gasteiger partial charge in [-0.3, -0.25) is 9.78 Å². The molecule has 1 aliphatic rings. The summed E-state index contributed by atoms with van der Waals surface area (Å²) in [5.74, 6) is -0.764. The number of pyridine rings is 1. The smallest absolute Gasteiger partial charge is 0.262 e. The summed E-state index contributed by atoms with van der Waals surface area (Å²) in [6.07, 6.45) is 0.649. The Balaban J connectivity index is 1.81. The average molecular weight is 369 g/mol. The number of nitrogens with one attached hydrogen (secondary N) is 1. The standard InChI is InChI=1S/C17H15Cl2FN2O2/c18-11-6-10(7-12(19)8-11)9-22-16(24)17(20)4-3-14(23)15-13(17)2-1-5-21-15/h1-2,5-8,14,23H,3-4,9H2,(H,22,24)/t14-,17-/m0/s1. The molecule has 126 valence electrons. The van der Waals surface area contributed by atoms with Crippen molar-refractivity contribution in [3.63, 3.8) is 0 Å². The Morgan fingerprint density at radius 3 is 2.79 bits per heavy atom. The molecular weight excluding hydrogens is 354 g/mol. The van der Waals surface area contributed by atoms with E-state index in [0.29, 0.717) is 15.6 Å². The van der Waals surface area contributed by atoms with Crippen LogP contribution in [0.1, 0.15) is 35.8 Å². The first-order chi connectivity index (χ1) is 11.4. The number of fused-ring (bicyclic) bond motifs is 1. The lowest BCUT2D eigenvalue weighted by atomic mass is 9.81. The van der Waals surface area contributed by atoms with E-state index in [0.717, 1.165) is 0 Å². The quantitative estimate of drug-likeness (QED) is 0.868. The SMILES string of the molecule is O=C(NCc1cc(Cl)cc(Cl)c1)[C@]1(F)CC[C@H](O)c2ncccc21. The number of alkyl halides is 1. The Labute approximate surface area is 148 Å². The van der Waals surface area contributed by atoms with Gasteiger partial charge in [-0.1, -0.05) is 29.3 Å². The Morgan fingerprint density at radius 1 is 1.38 bits per heavy atom. The number of carbonyl (C=O) groups is 1. The van der Waals surface area contributed by atoms with Crippen molar-refractivity contribution >= 4 is 29.1 Å². The van der Waals surface area contributed by atoms with Crippen LogP contribution in [0.5, 0.6) is 0 Å². The molecule has 7 heteroatoms. The molecule has 2 atom stereocenters. The van der Waals surface area contributed by atoms with E-state index < -0.39 is 17.7 Å². The van der Waals surface area contributed by atoms with Gasteiger partial charge in [0, 0.05) is 28.4 Å². The minimum absolute atomic E-state index is 0.100. The van der Waals surface area contributed by atoms with Gasteiger partial charge in [0.15, 0.2) is 0 Å². The highest BCUT2D eigenvalue weighted by molar-refractivity contribution is 6.34. The van der Waals surface area contributed by atoms with Crippen molar-refractivity contribution in [2.75, 3.05) is 0 Å². The lowest BCUT2D eigenvalue weighted by molar-refractivity contribution is -0.135. The van der Waals surface area contributed by atoms with Gasteiger partial charge in [0.2, 0.25) is 5.67 Å². The van der Waals surface area contributed by atoms with Gasteiger partial charge in [0.1, 0.15) is 0 Å². The zero-order valence-corrected chi connectivity index (χ0v) is 14.1. The molecule has 0 fully saturated rings. The summed E-state index contributed by atoms with van der Waals surface area (Å²) in [5, 5.41) is 13.4. The number of amides is 1. The second kappa shape index (κ2) is 6.67. The molecule has 1 aromatic carbocycles. The molecular formula is C17H15Cl2FN2O2.